The minimum atomic E-state index is -3.96. The molecule has 1 aliphatic carbocycles. The molecule has 2 aromatic carbocycles. The molecule has 3 atom stereocenters. The van der Waals surface area contributed by atoms with Crippen LogP contribution in [-0.2, 0) is 20.0 Å². The number of likely N-dealkylation sites (N-methyl/N-ethyl adjacent to an activating group) is 1. The Balaban J connectivity index is 1.74. The lowest BCUT2D eigenvalue weighted by molar-refractivity contribution is 0.0904. The van der Waals surface area contributed by atoms with Gasteiger partial charge in [0.05, 0.1) is 18.0 Å². The van der Waals surface area contributed by atoms with Gasteiger partial charge in [-0.1, -0.05) is 36.8 Å². The van der Waals surface area contributed by atoms with E-state index in [2.05, 4.69) is 6.08 Å². The van der Waals surface area contributed by atoms with Crippen LogP contribution < -0.4 is 4.74 Å². The van der Waals surface area contributed by atoms with Crippen molar-refractivity contribution in [1.82, 2.24) is 8.61 Å². The molecule has 0 aromatic heterocycles. The first-order chi connectivity index (χ1) is 17.4. The quantitative estimate of drug-likeness (QED) is 0.567. The lowest BCUT2D eigenvalue weighted by atomic mass is 10.0. The van der Waals surface area contributed by atoms with E-state index in [0.717, 1.165) is 36.0 Å². The molecule has 0 bridgehead atoms. The van der Waals surface area contributed by atoms with E-state index in [1.54, 1.807) is 49.4 Å². The molecule has 37 heavy (non-hydrogen) atoms. The Labute approximate surface area is 220 Å². The number of sulfonamides is 2. The van der Waals surface area contributed by atoms with E-state index in [4.69, 9.17) is 4.74 Å². The molecule has 0 saturated heterocycles. The second kappa shape index (κ2) is 10.9. The molecule has 0 spiro atoms. The topological polar surface area (TPSA) is 104 Å². The van der Waals surface area contributed by atoms with Gasteiger partial charge in [-0.2, -0.15) is 8.61 Å². The molecule has 2 aliphatic rings. The van der Waals surface area contributed by atoms with Gasteiger partial charge in [0.25, 0.3) is 0 Å². The maximum Gasteiger partial charge on any atom is 0.247 e. The minimum absolute atomic E-state index is 0.0242. The summed E-state index contributed by atoms with van der Waals surface area (Å²) in [5, 5.41) is 9.83. The summed E-state index contributed by atoms with van der Waals surface area (Å²) in [4.78, 5) is 0.212. The van der Waals surface area contributed by atoms with Gasteiger partial charge >= 0.3 is 0 Å². The summed E-state index contributed by atoms with van der Waals surface area (Å²) in [7, 11) is -6.23. The molecule has 0 amide bonds. The van der Waals surface area contributed by atoms with Crippen molar-refractivity contribution in [2.24, 2.45) is 5.92 Å². The van der Waals surface area contributed by atoms with Crippen LogP contribution in [0.25, 0.3) is 5.57 Å². The first-order valence-electron chi connectivity index (χ1n) is 12.6. The average molecular weight is 549 g/mol. The van der Waals surface area contributed by atoms with Crippen LogP contribution in [0.2, 0.25) is 0 Å². The Morgan fingerprint density at radius 2 is 1.89 bits per heavy atom. The number of aryl methyl sites for hydroxylation is 1. The molecule has 1 aliphatic heterocycles. The Kier molecular flexibility index (Phi) is 8.16. The standard InChI is InChI=1S/C27H36N2O6S2/c1-19-9-12-24(13-10-19)36(31,32)28(4)17-26-20(2)16-29(21(3)18-30)37(33,34)27-14-11-23(15-25(27)35-26)22-7-5-6-8-22/h7,9-15,20-21,26,30H,5-6,8,16-18H2,1-4H3/t20-,21-,26-/m0/s1. The number of hydrogen-bond donors (Lipinski definition) is 1. The average Bonchev–Trinajstić information content (AvgIpc) is 3.41. The Morgan fingerprint density at radius 3 is 2.51 bits per heavy atom. The summed E-state index contributed by atoms with van der Waals surface area (Å²) in [5.74, 6) is -0.153. The summed E-state index contributed by atoms with van der Waals surface area (Å²) in [6.45, 7) is 5.18. The van der Waals surface area contributed by atoms with E-state index in [1.165, 1.54) is 15.7 Å². The molecule has 8 nitrogen and oxygen atoms in total. The number of benzene rings is 2. The Bertz CT molecular complexity index is 1370. The van der Waals surface area contributed by atoms with Gasteiger partial charge in [0.2, 0.25) is 20.0 Å². The molecular weight excluding hydrogens is 512 g/mol. The zero-order chi connectivity index (χ0) is 27.0. The van der Waals surface area contributed by atoms with Gasteiger partial charge in [0.15, 0.2) is 0 Å². The fourth-order valence-electron chi connectivity index (χ4n) is 4.82. The molecule has 0 fully saturated rings. The lowest BCUT2D eigenvalue weighted by Gasteiger charge is -2.37. The van der Waals surface area contributed by atoms with Crippen molar-refractivity contribution in [3.63, 3.8) is 0 Å². The third-order valence-corrected chi connectivity index (χ3v) is 11.1. The zero-order valence-electron chi connectivity index (χ0n) is 21.8. The normalized spacial score (nSPS) is 23.0. The van der Waals surface area contributed by atoms with E-state index in [0.29, 0.717) is 0 Å². The highest BCUT2D eigenvalue weighted by molar-refractivity contribution is 7.89. The monoisotopic (exact) mass is 548 g/mol. The Morgan fingerprint density at radius 1 is 1.19 bits per heavy atom. The summed E-state index contributed by atoms with van der Waals surface area (Å²) in [6.07, 6.45) is 4.47. The van der Waals surface area contributed by atoms with Gasteiger partial charge in [0, 0.05) is 25.6 Å². The smallest absolute Gasteiger partial charge is 0.247 e. The number of hydrogen-bond acceptors (Lipinski definition) is 6. The minimum Gasteiger partial charge on any atom is -0.487 e. The highest BCUT2D eigenvalue weighted by atomic mass is 32.2. The van der Waals surface area contributed by atoms with Crippen molar-refractivity contribution in [1.29, 1.82) is 0 Å². The first kappa shape index (κ1) is 27.8. The van der Waals surface area contributed by atoms with Crippen LogP contribution in [0, 0.1) is 12.8 Å². The number of ether oxygens (including phenoxy) is 1. The Hall–Kier alpha value is -2.24. The first-order valence-corrected chi connectivity index (χ1v) is 15.5. The largest absolute Gasteiger partial charge is 0.487 e. The third kappa shape index (κ3) is 5.63. The number of allylic oxidation sites excluding steroid dienone is 2. The molecule has 1 heterocycles. The van der Waals surface area contributed by atoms with Gasteiger partial charge in [-0.15, -0.1) is 0 Å². The van der Waals surface area contributed by atoms with Crippen LogP contribution in [-0.4, -0.2) is 69.4 Å². The highest BCUT2D eigenvalue weighted by Gasteiger charge is 2.39. The van der Waals surface area contributed by atoms with Crippen molar-refractivity contribution in [2.45, 2.75) is 62.0 Å². The fourth-order valence-corrected chi connectivity index (χ4v) is 7.83. The van der Waals surface area contributed by atoms with Crippen molar-refractivity contribution in [3.8, 4) is 5.75 Å². The molecule has 2 aromatic rings. The van der Waals surface area contributed by atoms with Gasteiger partial charge in [-0.25, -0.2) is 16.8 Å². The maximum atomic E-state index is 13.7. The molecule has 0 saturated carbocycles. The highest BCUT2D eigenvalue weighted by Crippen LogP contribution is 2.37. The fraction of sp³-hybridized carbons (Fsp3) is 0.481. The van der Waals surface area contributed by atoms with Crippen LogP contribution >= 0.6 is 0 Å². The third-order valence-electron chi connectivity index (χ3n) is 7.25. The number of aliphatic hydroxyl groups is 1. The van der Waals surface area contributed by atoms with Crippen molar-refractivity contribution in [2.75, 3.05) is 26.7 Å². The molecular formula is C27H36N2O6S2. The summed E-state index contributed by atoms with van der Waals surface area (Å²) < 4.78 is 62.9. The molecule has 0 radical (unpaired) electrons. The second-order valence-corrected chi connectivity index (χ2v) is 14.0. The summed E-state index contributed by atoms with van der Waals surface area (Å²) >= 11 is 0. The van der Waals surface area contributed by atoms with E-state index in [-0.39, 0.29) is 41.2 Å². The molecule has 202 valence electrons. The van der Waals surface area contributed by atoms with Gasteiger partial charge in [-0.3, -0.25) is 0 Å². The van der Waals surface area contributed by atoms with Crippen LogP contribution in [0.1, 0.15) is 44.2 Å². The van der Waals surface area contributed by atoms with E-state index in [9.17, 15) is 21.9 Å². The molecule has 1 N–H and O–H groups in total. The van der Waals surface area contributed by atoms with E-state index in [1.807, 2.05) is 13.8 Å². The van der Waals surface area contributed by atoms with E-state index >= 15 is 0 Å². The van der Waals surface area contributed by atoms with Gasteiger partial charge in [-0.05, 0) is 68.5 Å². The SMILES string of the molecule is Cc1ccc(S(=O)(=O)N(C)C[C@@H]2Oc3cc(C4=CCCC4)ccc3S(=O)(=O)N([C@@H](C)CO)C[C@@H]2C)cc1. The van der Waals surface area contributed by atoms with Crippen molar-refractivity contribution in [3.05, 3.63) is 59.7 Å². The predicted molar refractivity (Wildman–Crippen MR) is 143 cm³/mol. The van der Waals surface area contributed by atoms with Crippen LogP contribution in [0.4, 0.5) is 0 Å². The van der Waals surface area contributed by atoms with Gasteiger partial charge < -0.3 is 9.84 Å². The van der Waals surface area contributed by atoms with Crippen molar-refractivity contribution >= 4 is 25.6 Å². The number of rotatable bonds is 7. The van der Waals surface area contributed by atoms with Crippen LogP contribution in [0.5, 0.6) is 5.75 Å². The zero-order valence-corrected chi connectivity index (χ0v) is 23.4. The molecule has 10 heteroatoms. The molecule has 4 rings (SSSR count). The summed E-state index contributed by atoms with van der Waals surface area (Å²) in [6, 6.07) is 11.1. The lowest BCUT2D eigenvalue weighted by Crippen LogP contribution is -2.50. The maximum absolute atomic E-state index is 13.7. The second-order valence-electron chi connectivity index (χ2n) is 10.1. The van der Waals surface area contributed by atoms with Gasteiger partial charge in [0.1, 0.15) is 16.7 Å². The number of nitrogens with zero attached hydrogens (tertiary/aromatic N) is 2. The predicted octanol–water partition coefficient (Wildman–Crippen LogP) is 3.65. The number of aliphatic hydroxyl groups excluding tert-OH is 1. The van der Waals surface area contributed by atoms with E-state index < -0.39 is 32.2 Å². The number of fused-ring (bicyclic) bond motifs is 1. The molecule has 0 unspecified atom stereocenters. The van der Waals surface area contributed by atoms with Crippen LogP contribution in [0.3, 0.4) is 0 Å². The summed E-state index contributed by atoms with van der Waals surface area (Å²) in [5.41, 5.74) is 3.01. The van der Waals surface area contributed by atoms with Crippen LogP contribution in [0.15, 0.2) is 58.3 Å². The van der Waals surface area contributed by atoms with Crippen molar-refractivity contribution < 1.29 is 26.7 Å².